The van der Waals surface area contributed by atoms with Crippen LogP contribution in [0.3, 0.4) is 0 Å². The molecule has 4 N–H and O–H groups in total. The zero-order chi connectivity index (χ0) is 10.6. The highest BCUT2D eigenvalue weighted by molar-refractivity contribution is 5.53. The molecule has 0 unspecified atom stereocenters. The van der Waals surface area contributed by atoms with Gasteiger partial charge in [0.1, 0.15) is 0 Å². The van der Waals surface area contributed by atoms with Crippen LogP contribution in [0.25, 0.3) is 0 Å². The van der Waals surface area contributed by atoms with Crippen molar-refractivity contribution in [3.8, 4) is 0 Å². The first-order valence-corrected chi connectivity index (χ1v) is 2.79. The molecule has 0 atom stereocenters. The Balaban J connectivity index is -0.000000101. The highest BCUT2D eigenvalue weighted by Crippen LogP contribution is 1.57. The summed E-state index contributed by atoms with van der Waals surface area (Å²) < 4.78 is 0. The van der Waals surface area contributed by atoms with Crippen molar-refractivity contribution < 1.29 is 30.0 Å². The molecule has 0 radical (unpaired) electrons. The molecule has 0 heterocycles. The zero-order valence-electron chi connectivity index (χ0n) is 6.76. The van der Waals surface area contributed by atoms with Gasteiger partial charge in [-0.05, 0) is 13.8 Å². The van der Waals surface area contributed by atoms with E-state index in [1.807, 2.05) is 26.0 Å². The molecule has 0 spiro atoms. The average molecular weight is 180 g/mol. The second-order valence-corrected chi connectivity index (χ2v) is 1.23. The first kappa shape index (κ1) is 16.7. The molecule has 0 bridgehead atoms. The summed E-state index contributed by atoms with van der Waals surface area (Å²) in [6, 6.07) is 0. The number of carbonyl (C=O) groups is 2. The van der Waals surface area contributed by atoms with E-state index in [0.29, 0.717) is 0 Å². The summed E-state index contributed by atoms with van der Waals surface area (Å²) in [6.45, 7) is 4.00. The van der Waals surface area contributed by atoms with Gasteiger partial charge in [0, 0.05) is 0 Å². The van der Waals surface area contributed by atoms with Crippen LogP contribution < -0.4 is 0 Å². The third kappa shape index (κ3) is 847. The second-order valence-electron chi connectivity index (χ2n) is 1.23. The van der Waals surface area contributed by atoms with E-state index in [1.165, 1.54) is 0 Å². The van der Waals surface area contributed by atoms with Crippen LogP contribution in [0.2, 0.25) is 0 Å². The predicted octanol–water partition coefficient (Wildman–Crippen LogP) is 2.03. The van der Waals surface area contributed by atoms with E-state index >= 15 is 0 Å². The lowest BCUT2D eigenvalue weighted by Gasteiger charge is -1.60. The molecule has 0 aromatic carbocycles. The maximum absolute atomic E-state index is 8.56. The molecular formula is C6H12O6. The van der Waals surface area contributed by atoms with Crippen molar-refractivity contribution in [1.29, 1.82) is 0 Å². The summed E-state index contributed by atoms with van der Waals surface area (Å²) in [5.41, 5.74) is 0. The van der Waals surface area contributed by atoms with Crippen LogP contribution in [0.1, 0.15) is 13.8 Å². The highest BCUT2D eigenvalue weighted by atomic mass is 16.6. The van der Waals surface area contributed by atoms with Gasteiger partial charge < -0.3 is 20.4 Å². The Morgan fingerprint density at radius 2 is 0.917 bits per heavy atom. The Morgan fingerprint density at radius 3 is 0.917 bits per heavy atom. The van der Waals surface area contributed by atoms with Crippen molar-refractivity contribution in [2.75, 3.05) is 0 Å². The van der Waals surface area contributed by atoms with Gasteiger partial charge in [0.25, 0.3) is 0 Å². The molecule has 0 aliphatic carbocycles. The van der Waals surface area contributed by atoms with E-state index in [1.54, 1.807) is 0 Å². The Labute approximate surface area is 69.4 Å². The van der Waals surface area contributed by atoms with Gasteiger partial charge in [-0.3, -0.25) is 0 Å². The van der Waals surface area contributed by atoms with Crippen LogP contribution >= 0.6 is 0 Å². The van der Waals surface area contributed by atoms with Crippen LogP contribution in [-0.4, -0.2) is 32.7 Å². The van der Waals surface area contributed by atoms with Crippen molar-refractivity contribution >= 4 is 12.3 Å². The van der Waals surface area contributed by atoms with Gasteiger partial charge >= 0.3 is 12.3 Å². The van der Waals surface area contributed by atoms with Gasteiger partial charge in [-0.15, -0.1) is 0 Å². The largest absolute Gasteiger partial charge is 0.503 e. The maximum atomic E-state index is 8.56. The minimum atomic E-state index is -1.83. The topological polar surface area (TPSA) is 115 Å². The molecule has 0 saturated carbocycles. The van der Waals surface area contributed by atoms with E-state index < -0.39 is 12.3 Å². The molecule has 6 nitrogen and oxygen atoms in total. The third-order valence-corrected chi connectivity index (χ3v) is 0.333. The Morgan fingerprint density at radius 1 is 0.833 bits per heavy atom. The van der Waals surface area contributed by atoms with E-state index in [-0.39, 0.29) is 0 Å². The molecule has 0 amide bonds. The van der Waals surface area contributed by atoms with Gasteiger partial charge in [-0.25, -0.2) is 9.59 Å². The first-order valence-electron chi connectivity index (χ1n) is 2.79. The fourth-order valence-corrected chi connectivity index (χ4v) is 0. The smallest absolute Gasteiger partial charge is 0.450 e. The van der Waals surface area contributed by atoms with Gasteiger partial charge in [-0.2, -0.15) is 0 Å². The summed E-state index contributed by atoms with van der Waals surface area (Å²) in [5, 5.41) is 27.9. The summed E-state index contributed by atoms with van der Waals surface area (Å²) in [5.74, 6) is 0. The van der Waals surface area contributed by atoms with E-state index in [4.69, 9.17) is 30.0 Å². The quantitative estimate of drug-likeness (QED) is 0.424. The Kier molecular flexibility index (Phi) is 22.5. The standard InChI is InChI=1S/C4H8.2CH2O3/c1-3-4-2;2*2-1(3)4/h3-4H,1-2H3;2*(H2,2,3,4). The van der Waals surface area contributed by atoms with E-state index in [9.17, 15) is 0 Å². The zero-order valence-corrected chi connectivity index (χ0v) is 6.76. The minimum absolute atomic E-state index is 1.83. The molecule has 0 fully saturated rings. The number of allylic oxidation sites excluding steroid dienone is 2. The lowest BCUT2D eigenvalue weighted by Crippen LogP contribution is -1.81. The van der Waals surface area contributed by atoms with Crippen LogP contribution in [-0.2, 0) is 0 Å². The summed E-state index contributed by atoms with van der Waals surface area (Å²) in [7, 11) is 0. The first-order chi connectivity index (χ1) is 5.38. The van der Waals surface area contributed by atoms with Crippen LogP contribution in [0.4, 0.5) is 9.59 Å². The van der Waals surface area contributed by atoms with Gasteiger partial charge in [0.2, 0.25) is 0 Å². The van der Waals surface area contributed by atoms with Gasteiger partial charge in [-0.1, -0.05) is 12.2 Å². The highest BCUT2D eigenvalue weighted by Gasteiger charge is 1.70. The Bertz CT molecular complexity index is 115. The molecule has 0 aliphatic heterocycles. The van der Waals surface area contributed by atoms with Gasteiger partial charge in [0.05, 0.1) is 0 Å². The number of hydrogen-bond acceptors (Lipinski definition) is 2. The van der Waals surface area contributed by atoms with Crippen LogP contribution in [0.5, 0.6) is 0 Å². The summed E-state index contributed by atoms with van der Waals surface area (Å²) >= 11 is 0. The van der Waals surface area contributed by atoms with Crippen molar-refractivity contribution in [2.24, 2.45) is 0 Å². The predicted molar refractivity (Wildman–Crippen MR) is 41.8 cm³/mol. The third-order valence-electron chi connectivity index (χ3n) is 0.333. The number of hydrogen-bond donors (Lipinski definition) is 4. The van der Waals surface area contributed by atoms with Crippen molar-refractivity contribution in [2.45, 2.75) is 13.8 Å². The Hall–Kier alpha value is -1.72. The van der Waals surface area contributed by atoms with Crippen molar-refractivity contribution in [3.63, 3.8) is 0 Å². The lowest BCUT2D eigenvalue weighted by atomic mass is 10.6. The molecular weight excluding hydrogens is 168 g/mol. The summed E-state index contributed by atoms with van der Waals surface area (Å²) in [4.78, 5) is 17.1. The maximum Gasteiger partial charge on any atom is 0.503 e. The number of rotatable bonds is 0. The SMILES string of the molecule is CC=CC.O=C(O)O.O=C(O)O. The fourth-order valence-electron chi connectivity index (χ4n) is 0. The lowest BCUT2D eigenvalue weighted by molar-refractivity contribution is 0.135. The minimum Gasteiger partial charge on any atom is -0.450 e. The molecule has 0 aliphatic rings. The molecule has 12 heavy (non-hydrogen) atoms. The normalized spacial score (nSPS) is 7.17. The van der Waals surface area contributed by atoms with E-state index in [2.05, 4.69) is 0 Å². The van der Waals surface area contributed by atoms with Gasteiger partial charge in [0.15, 0.2) is 0 Å². The van der Waals surface area contributed by atoms with Crippen molar-refractivity contribution in [3.05, 3.63) is 12.2 Å². The molecule has 0 saturated heterocycles. The summed E-state index contributed by atoms with van der Waals surface area (Å²) in [6.07, 6.45) is 0.333. The van der Waals surface area contributed by atoms with Crippen molar-refractivity contribution in [1.82, 2.24) is 0 Å². The molecule has 0 rings (SSSR count). The number of carboxylic acid groups (broad SMARTS) is 4. The molecule has 6 heteroatoms. The molecule has 0 aromatic heterocycles. The van der Waals surface area contributed by atoms with Crippen LogP contribution in [0.15, 0.2) is 12.2 Å². The molecule has 0 aromatic rings. The monoisotopic (exact) mass is 180 g/mol. The fraction of sp³-hybridized carbons (Fsp3) is 0.333. The average Bonchev–Trinajstić information content (AvgIpc) is 1.85. The van der Waals surface area contributed by atoms with Crippen LogP contribution in [0, 0.1) is 0 Å². The molecule has 72 valence electrons. The van der Waals surface area contributed by atoms with E-state index in [0.717, 1.165) is 0 Å². The second kappa shape index (κ2) is 16.1.